The fraction of sp³-hybridized carbons (Fsp3) is 0.400. The standard InChI is InChI=1S/C15H17NO/c1-10-5-6-12-9-11(7-8-14(12)16-10)13-3-2-4-15(13)17/h5-9,13,15,17H,2-4H2,1H3. The van der Waals surface area contributed by atoms with Gasteiger partial charge in [0.25, 0.3) is 0 Å². The zero-order valence-electron chi connectivity index (χ0n) is 10.1. The number of hydrogen-bond acceptors (Lipinski definition) is 2. The van der Waals surface area contributed by atoms with Gasteiger partial charge >= 0.3 is 0 Å². The summed E-state index contributed by atoms with van der Waals surface area (Å²) >= 11 is 0. The summed E-state index contributed by atoms with van der Waals surface area (Å²) in [6.07, 6.45) is 3.02. The highest BCUT2D eigenvalue weighted by atomic mass is 16.3. The number of benzene rings is 1. The van der Waals surface area contributed by atoms with Crippen LogP contribution in [0.15, 0.2) is 30.3 Å². The molecule has 2 unspecified atom stereocenters. The Labute approximate surface area is 101 Å². The molecule has 3 rings (SSSR count). The van der Waals surface area contributed by atoms with Gasteiger partial charge in [-0.25, -0.2) is 0 Å². The van der Waals surface area contributed by atoms with Crippen molar-refractivity contribution in [3.63, 3.8) is 0 Å². The maximum absolute atomic E-state index is 9.94. The van der Waals surface area contributed by atoms with E-state index in [1.54, 1.807) is 0 Å². The third-order valence-electron chi connectivity index (χ3n) is 3.76. The number of pyridine rings is 1. The number of aryl methyl sites for hydroxylation is 1. The molecule has 0 bridgehead atoms. The Morgan fingerprint density at radius 2 is 2.06 bits per heavy atom. The Hall–Kier alpha value is -1.41. The molecule has 2 nitrogen and oxygen atoms in total. The van der Waals surface area contributed by atoms with Gasteiger partial charge in [0, 0.05) is 17.0 Å². The summed E-state index contributed by atoms with van der Waals surface area (Å²) in [5.74, 6) is 0.320. The van der Waals surface area contributed by atoms with Gasteiger partial charge in [0.2, 0.25) is 0 Å². The van der Waals surface area contributed by atoms with E-state index in [0.717, 1.165) is 30.5 Å². The van der Waals surface area contributed by atoms with Gasteiger partial charge < -0.3 is 5.11 Å². The molecule has 2 heteroatoms. The lowest BCUT2D eigenvalue weighted by Crippen LogP contribution is -2.10. The van der Waals surface area contributed by atoms with E-state index >= 15 is 0 Å². The molecule has 1 aromatic carbocycles. The SMILES string of the molecule is Cc1ccc2cc(C3CCCC3O)ccc2n1. The van der Waals surface area contributed by atoms with E-state index in [4.69, 9.17) is 0 Å². The molecule has 1 N–H and O–H groups in total. The molecule has 1 heterocycles. The third kappa shape index (κ3) is 1.93. The normalized spacial score (nSPS) is 24.4. The Kier molecular flexibility index (Phi) is 2.60. The zero-order chi connectivity index (χ0) is 11.8. The van der Waals surface area contributed by atoms with Gasteiger partial charge in [-0.1, -0.05) is 18.6 Å². The van der Waals surface area contributed by atoms with Crippen molar-refractivity contribution in [3.8, 4) is 0 Å². The number of nitrogens with zero attached hydrogens (tertiary/aromatic N) is 1. The van der Waals surface area contributed by atoms with E-state index < -0.39 is 0 Å². The number of aliphatic hydroxyl groups is 1. The summed E-state index contributed by atoms with van der Waals surface area (Å²) in [6, 6.07) is 10.5. The van der Waals surface area contributed by atoms with Gasteiger partial charge in [0.15, 0.2) is 0 Å². The first kappa shape index (κ1) is 10.7. The van der Waals surface area contributed by atoms with Crippen molar-refractivity contribution in [1.82, 2.24) is 4.98 Å². The summed E-state index contributed by atoms with van der Waals surface area (Å²) < 4.78 is 0. The molecule has 0 radical (unpaired) electrons. The Balaban J connectivity index is 2.04. The predicted molar refractivity (Wildman–Crippen MR) is 69.1 cm³/mol. The topological polar surface area (TPSA) is 33.1 Å². The van der Waals surface area contributed by atoms with Crippen molar-refractivity contribution in [2.45, 2.75) is 38.2 Å². The number of rotatable bonds is 1. The molecule has 1 aromatic heterocycles. The van der Waals surface area contributed by atoms with Crippen molar-refractivity contribution in [3.05, 3.63) is 41.6 Å². The molecular weight excluding hydrogens is 210 g/mol. The summed E-state index contributed by atoms with van der Waals surface area (Å²) in [5, 5.41) is 11.1. The highest BCUT2D eigenvalue weighted by molar-refractivity contribution is 5.79. The molecule has 1 aliphatic carbocycles. The van der Waals surface area contributed by atoms with Crippen LogP contribution < -0.4 is 0 Å². The number of aromatic nitrogens is 1. The molecule has 88 valence electrons. The molecule has 1 fully saturated rings. The second kappa shape index (κ2) is 4.11. The fourth-order valence-electron chi connectivity index (χ4n) is 2.81. The minimum absolute atomic E-state index is 0.161. The molecule has 1 aliphatic rings. The van der Waals surface area contributed by atoms with E-state index in [1.807, 2.05) is 13.0 Å². The average molecular weight is 227 g/mol. The lowest BCUT2D eigenvalue weighted by Gasteiger charge is -2.15. The first-order valence-electron chi connectivity index (χ1n) is 6.29. The first-order chi connectivity index (χ1) is 8.24. The fourth-order valence-corrected chi connectivity index (χ4v) is 2.81. The van der Waals surface area contributed by atoms with Crippen LogP contribution in [0.4, 0.5) is 0 Å². The van der Waals surface area contributed by atoms with E-state index in [-0.39, 0.29) is 6.10 Å². The van der Waals surface area contributed by atoms with Gasteiger partial charge in [-0.15, -0.1) is 0 Å². The molecule has 2 aromatic rings. The second-order valence-electron chi connectivity index (χ2n) is 5.01. The van der Waals surface area contributed by atoms with Gasteiger partial charge in [0.1, 0.15) is 0 Å². The van der Waals surface area contributed by atoms with Crippen molar-refractivity contribution in [1.29, 1.82) is 0 Å². The van der Waals surface area contributed by atoms with Crippen LogP contribution in [0.2, 0.25) is 0 Å². The summed E-state index contributed by atoms with van der Waals surface area (Å²) in [4.78, 5) is 4.50. The summed E-state index contributed by atoms with van der Waals surface area (Å²) in [7, 11) is 0. The Bertz CT molecular complexity index is 550. The van der Waals surface area contributed by atoms with Crippen molar-refractivity contribution >= 4 is 10.9 Å². The molecule has 0 aliphatic heterocycles. The van der Waals surface area contributed by atoms with E-state index in [1.165, 1.54) is 10.9 Å². The van der Waals surface area contributed by atoms with Crippen LogP contribution in [0.1, 0.15) is 36.4 Å². The molecule has 0 spiro atoms. The molecule has 0 amide bonds. The van der Waals surface area contributed by atoms with Crippen molar-refractivity contribution < 1.29 is 5.11 Å². The molecule has 0 saturated heterocycles. The second-order valence-corrected chi connectivity index (χ2v) is 5.01. The number of aliphatic hydroxyl groups excluding tert-OH is 1. The van der Waals surface area contributed by atoms with Crippen LogP contribution in [0, 0.1) is 6.92 Å². The highest BCUT2D eigenvalue weighted by Gasteiger charge is 2.26. The van der Waals surface area contributed by atoms with Crippen LogP contribution in [-0.2, 0) is 0 Å². The first-order valence-corrected chi connectivity index (χ1v) is 6.29. The Morgan fingerprint density at radius 1 is 1.18 bits per heavy atom. The van der Waals surface area contributed by atoms with E-state index in [0.29, 0.717) is 5.92 Å². The third-order valence-corrected chi connectivity index (χ3v) is 3.76. The maximum Gasteiger partial charge on any atom is 0.0705 e. The van der Waals surface area contributed by atoms with Crippen LogP contribution >= 0.6 is 0 Å². The lowest BCUT2D eigenvalue weighted by molar-refractivity contribution is 0.164. The molecule has 2 atom stereocenters. The smallest absolute Gasteiger partial charge is 0.0705 e. The van der Waals surface area contributed by atoms with E-state index in [9.17, 15) is 5.11 Å². The van der Waals surface area contributed by atoms with E-state index in [2.05, 4.69) is 29.2 Å². The number of fused-ring (bicyclic) bond motifs is 1. The monoisotopic (exact) mass is 227 g/mol. The minimum Gasteiger partial charge on any atom is -0.392 e. The van der Waals surface area contributed by atoms with Gasteiger partial charge in [-0.05, 0) is 43.5 Å². The van der Waals surface area contributed by atoms with Gasteiger partial charge in [-0.2, -0.15) is 0 Å². The van der Waals surface area contributed by atoms with Gasteiger partial charge in [0.05, 0.1) is 11.6 Å². The zero-order valence-corrected chi connectivity index (χ0v) is 10.1. The summed E-state index contributed by atoms with van der Waals surface area (Å²) in [5.41, 5.74) is 3.35. The average Bonchev–Trinajstić information content (AvgIpc) is 2.75. The maximum atomic E-state index is 9.94. The molecule has 17 heavy (non-hydrogen) atoms. The largest absolute Gasteiger partial charge is 0.392 e. The Morgan fingerprint density at radius 3 is 2.82 bits per heavy atom. The molecule has 1 saturated carbocycles. The lowest BCUT2D eigenvalue weighted by atomic mass is 9.94. The molecular formula is C15H17NO. The minimum atomic E-state index is -0.161. The summed E-state index contributed by atoms with van der Waals surface area (Å²) in [6.45, 7) is 2.01. The van der Waals surface area contributed by atoms with Crippen LogP contribution in [0.25, 0.3) is 10.9 Å². The van der Waals surface area contributed by atoms with Crippen LogP contribution in [0.3, 0.4) is 0 Å². The van der Waals surface area contributed by atoms with Crippen LogP contribution in [0.5, 0.6) is 0 Å². The number of hydrogen-bond donors (Lipinski definition) is 1. The van der Waals surface area contributed by atoms with Crippen molar-refractivity contribution in [2.24, 2.45) is 0 Å². The highest BCUT2D eigenvalue weighted by Crippen LogP contribution is 2.35. The van der Waals surface area contributed by atoms with Crippen LogP contribution in [-0.4, -0.2) is 16.2 Å². The van der Waals surface area contributed by atoms with Gasteiger partial charge in [-0.3, -0.25) is 4.98 Å². The quantitative estimate of drug-likeness (QED) is 0.811. The predicted octanol–water partition coefficient (Wildman–Crippen LogP) is 3.17. The van der Waals surface area contributed by atoms with Crippen molar-refractivity contribution in [2.75, 3.05) is 0 Å².